The molecule has 0 amide bonds. The van der Waals surface area contributed by atoms with E-state index < -0.39 is 11.9 Å². The average Bonchev–Trinajstić information content (AvgIpc) is 3.43. The Labute approximate surface area is 178 Å². The second-order valence-corrected chi connectivity index (χ2v) is 7.31. The Balaban J connectivity index is 1.77. The number of hydrogen-bond acceptors (Lipinski definition) is 7. The maximum absolute atomic E-state index is 13.5. The summed E-state index contributed by atoms with van der Waals surface area (Å²) in [6, 6.07) is 6.75. The van der Waals surface area contributed by atoms with Crippen molar-refractivity contribution in [1.82, 2.24) is 14.5 Å². The van der Waals surface area contributed by atoms with Gasteiger partial charge in [0.25, 0.3) is 5.56 Å². The van der Waals surface area contributed by atoms with Gasteiger partial charge in [0.1, 0.15) is 5.75 Å². The fourth-order valence-corrected chi connectivity index (χ4v) is 3.79. The number of aromatic nitrogens is 3. The smallest absolute Gasteiger partial charge is 0.306 e. The summed E-state index contributed by atoms with van der Waals surface area (Å²) >= 11 is 0. The van der Waals surface area contributed by atoms with Crippen molar-refractivity contribution < 1.29 is 24.1 Å². The molecule has 31 heavy (non-hydrogen) atoms. The highest BCUT2D eigenvalue weighted by atomic mass is 16.7. The third kappa shape index (κ3) is 4.11. The van der Waals surface area contributed by atoms with Crippen LogP contribution in [0.3, 0.4) is 0 Å². The summed E-state index contributed by atoms with van der Waals surface area (Å²) in [6.07, 6.45) is 3.74. The van der Waals surface area contributed by atoms with E-state index in [0.29, 0.717) is 35.7 Å². The Morgan fingerprint density at radius 2 is 2.13 bits per heavy atom. The minimum Gasteiger partial charge on any atom is -0.507 e. The Hall–Kier alpha value is -3.75. The van der Waals surface area contributed by atoms with E-state index in [-0.39, 0.29) is 30.1 Å². The molecule has 4 rings (SSSR count). The van der Waals surface area contributed by atoms with Gasteiger partial charge in [0, 0.05) is 36.5 Å². The molecule has 9 heteroatoms. The van der Waals surface area contributed by atoms with Crippen LogP contribution >= 0.6 is 0 Å². The van der Waals surface area contributed by atoms with Gasteiger partial charge in [0.2, 0.25) is 6.79 Å². The summed E-state index contributed by atoms with van der Waals surface area (Å²) in [6.45, 7) is 2.26. The summed E-state index contributed by atoms with van der Waals surface area (Å²) in [5, 5.41) is 10.7. The van der Waals surface area contributed by atoms with Crippen LogP contribution in [0.15, 0.2) is 41.6 Å². The van der Waals surface area contributed by atoms with Crippen molar-refractivity contribution in [3.8, 4) is 17.2 Å². The van der Waals surface area contributed by atoms with Crippen molar-refractivity contribution in [2.45, 2.75) is 32.2 Å². The van der Waals surface area contributed by atoms with Crippen LogP contribution in [0.5, 0.6) is 17.2 Å². The Bertz CT molecular complexity index is 1150. The van der Waals surface area contributed by atoms with Crippen LogP contribution in [-0.4, -0.2) is 39.5 Å². The predicted octanol–water partition coefficient (Wildman–Crippen LogP) is 2.25. The van der Waals surface area contributed by atoms with Crippen molar-refractivity contribution in [3.63, 3.8) is 0 Å². The molecule has 2 N–H and O–H groups in total. The Morgan fingerprint density at radius 3 is 2.87 bits per heavy atom. The van der Waals surface area contributed by atoms with E-state index in [1.807, 2.05) is 0 Å². The number of aryl methyl sites for hydroxylation is 2. The van der Waals surface area contributed by atoms with Gasteiger partial charge in [-0.1, -0.05) is 6.07 Å². The number of imidazole rings is 1. The molecule has 1 atom stereocenters. The van der Waals surface area contributed by atoms with E-state index >= 15 is 0 Å². The SMILES string of the molecule is COC(=O)C[C@H](c1ccc2c(c1)OCO2)c1c(O)cc(C)n(CCc2cnc[nH]2)c1=O. The van der Waals surface area contributed by atoms with E-state index in [1.165, 1.54) is 7.11 Å². The van der Waals surface area contributed by atoms with Crippen LogP contribution in [0.25, 0.3) is 0 Å². The lowest BCUT2D eigenvalue weighted by Crippen LogP contribution is -2.29. The molecule has 0 bridgehead atoms. The number of methoxy groups -OCH3 is 1. The zero-order chi connectivity index (χ0) is 22.0. The summed E-state index contributed by atoms with van der Waals surface area (Å²) < 4.78 is 17.2. The number of H-pyrrole nitrogens is 1. The highest BCUT2D eigenvalue weighted by Gasteiger charge is 2.28. The van der Waals surface area contributed by atoms with Crippen molar-refractivity contribution in [2.24, 2.45) is 0 Å². The summed E-state index contributed by atoms with van der Waals surface area (Å²) in [7, 11) is 1.29. The zero-order valence-electron chi connectivity index (χ0n) is 17.3. The number of aromatic hydroxyl groups is 1. The summed E-state index contributed by atoms with van der Waals surface area (Å²) in [4.78, 5) is 32.6. The average molecular weight is 425 g/mol. The van der Waals surface area contributed by atoms with Gasteiger partial charge in [-0.25, -0.2) is 4.98 Å². The molecule has 1 aliphatic rings. The van der Waals surface area contributed by atoms with E-state index in [1.54, 1.807) is 48.3 Å². The second kappa shape index (κ2) is 8.55. The lowest BCUT2D eigenvalue weighted by atomic mass is 9.88. The van der Waals surface area contributed by atoms with Crippen molar-refractivity contribution >= 4 is 5.97 Å². The fourth-order valence-electron chi connectivity index (χ4n) is 3.79. The van der Waals surface area contributed by atoms with Gasteiger partial charge in [-0.15, -0.1) is 0 Å². The molecule has 0 unspecified atom stereocenters. The molecule has 2 aromatic heterocycles. The molecule has 0 aliphatic carbocycles. The van der Waals surface area contributed by atoms with Gasteiger partial charge in [0.05, 0.1) is 25.4 Å². The van der Waals surface area contributed by atoms with Gasteiger partial charge in [-0.2, -0.15) is 0 Å². The fraction of sp³-hybridized carbons (Fsp3) is 0.318. The van der Waals surface area contributed by atoms with Crippen molar-refractivity contribution in [1.29, 1.82) is 0 Å². The van der Waals surface area contributed by atoms with E-state index in [4.69, 9.17) is 14.2 Å². The lowest BCUT2D eigenvalue weighted by Gasteiger charge is -2.20. The summed E-state index contributed by atoms with van der Waals surface area (Å²) in [5.74, 6) is -0.254. The number of nitrogens with zero attached hydrogens (tertiary/aromatic N) is 2. The first-order chi connectivity index (χ1) is 15.0. The number of hydrogen-bond donors (Lipinski definition) is 2. The highest BCUT2D eigenvalue weighted by molar-refractivity contribution is 5.71. The van der Waals surface area contributed by atoms with Crippen molar-refractivity contribution in [2.75, 3.05) is 13.9 Å². The minimum absolute atomic E-state index is 0.108. The standard InChI is InChI=1S/C22H23N3O6/c1-13-7-17(26)21(22(28)25(13)6-5-15-10-23-11-24-15)16(9-20(27)29-2)14-3-4-18-19(8-14)31-12-30-18/h3-4,7-8,10-11,16,26H,5-6,9,12H2,1-2H3,(H,23,24)/t16-/m1/s1. The molecular weight excluding hydrogens is 402 g/mol. The molecule has 3 aromatic rings. The van der Waals surface area contributed by atoms with E-state index in [0.717, 1.165) is 5.69 Å². The minimum atomic E-state index is -0.714. The summed E-state index contributed by atoms with van der Waals surface area (Å²) in [5.41, 5.74) is 1.94. The van der Waals surface area contributed by atoms with Crippen LogP contribution in [0, 0.1) is 6.92 Å². The number of esters is 1. The zero-order valence-corrected chi connectivity index (χ0v) is 17.3. The topological polar surface area (TPSA) is 116 Å². The van der Waals surface area contributed by atoms with Crippen LogP contribution in [0.4, 0.5) is 0 Å². The molecule has 3 heterocycles. The van der Waals surface area contributed by atoms with Gasteiger partial charge in [0.15, 0.2) is 11.5 Å². The van der Waals surface area contributed by atoms with Crippen LogP contribution in [0.2, 0.25) is 0 Å². The lowest BCUT2D eigenvalue weighted by molar-refractivity contribution is -0.140. The first-order valence-corrected chi connectivity index (χ1v) is 9.85. The third-order valence-electron chi connectivity index (χ3n) is 5.43. The quantitative estimate of drug-likeness (QED) is 0.558. The maximum Gasteiger partial charge on any atom is 0.306 e. The van der Waals surface area contributed by atoms with Crippen LogP contribution < -0.4 is 15.0 Å². The number of carbonyl (C=O) groups is 1. The molecule has 0 radical (unpaired) electrons. The van der Waals surface area contributed by atoms with Gasteiger partial charge >= 0.3 is 5.97 Å². The normalized spacial score (nSPS) is 13.2. The molecule has 0 saturated carbocycles. The van der Waals surface area contributed by atoms with E-state index in [2.05, 4.69) is 9.97 Å². The monoisotopic (exact) mass is 425 g/mol. The number of aromatic amines is 1. The molecule has 9 nitrogen and oxygen atoms in total. The first kappa shape index (κ1) is 20.5. The molecule has 0 fully saturated rings. The van der Waals surface area contributed by atoms with Crippen LogP contribution in [0.1, 0.15) is 34.9 Å². The number of benzene rings is 1. The molecule has 0 spiro atoms. The number of ether oxygens (including phenoxy) is 3. The van der Waals surface area contributed by atoms with Gasteiger partial charge in [-0.05, 0) is 30.7 Å². The Kier molecular flexibility index (Phi) is 5.66. The van der Waals surface area contributed by atoms with Crippen molar-refractivity contribution in [3.05, 3.63) is 69.7 Å². The second-order valence-electron chi connectivity index (χ2n) is 7.31. The maximum atomic E-state index is 13.5. The molecule has 0 saturated heterocycles. The number of pyridine rings is 1. The predicted molar refractivity (Wildman–Crippen MR) is 110 cm³/mol. The van der Waals surface area contributed by atoms with Gasteiger partial charge < -0.3 is 28.9 Å². The number of nitrogens with one attached hydrogen (secondary N) is 1. The number of fused-ring (bicyclic) bond motifs is 1. The Morgan fingerprint density at radius 1 is 1.32 bits per heavy atom. The highest BCUT2D eigenvalue weighted by Crippen LogP contribution is 2.39. The molecular formula is C22H23N3O6. The number of rotatable bonds is 7. The number of carbonyl (C=O) groups excluding carboxylic acids is 1. The van der Waals surface area contributed by atoms with Gasteiger partial charge in [-0.3, -0.25) is 9.59 Å². The first-order valence-electron chi connectivity index (χ1n) is 9.85. The largest absolute Gasteiger partial charge is 0.507 e. The van der Waals surface area contributed by atoms with Crippen LogP contribution in [-0.2, 0) is 22.5 Å². The molecule has 1 aliphatic heterocycles. The molecule has 162 valence electrons. The third-order valence-corrected chi connectivity index (χ3v) is 5.43. The molecule has 1 aromatic carbocycles. The van der Waals surface area contributed by atoms with E-state index in [9.17, 15) is 14.7 Å².